The van der Waals surface area contributed by atoms with Gasteiger partial charge in [-0.1, -0.05) is 54.6 Å². The van der Waals surface area contributed by atoms with E-state index in [-0.39, 0.29) is 16.6 Å². The Balaban J connectivity index is 1.53. The van der Waals surface area contributed by atoms with Crippen LogP contribution in [0, 0.1) is 5.82 Å². The summed E-state index contributed by atoms with van der Waals surface area (Å²) in [6, 6.07) is 21.4. The smallest absolute Gasteiger partial charge is 0.238 e. The standard InChI is InChI=1S/C26H23FN2O4S/c27-21-12-13-23-20(15-21)16-24(33-23)34(31,32)26(29-25(30)22-7-4-14-28-22)19-10-8-18(9-11-19)17-5-2-1-3-6-17/h1-3,5-6,8-13,15-16,22,26,28H,4,7,14H2,(H,29,30)/t22?,26-/m0/s1. The van der Waals surface area contributed by atoms with E-state index in [4.69, 9.17) is 4.42 Å². The molecular formula is C26H23FN2O4S. The van der Waals surface area contributed by atoms with E-state index in [9.17, 15) is 17.6 Å². The highest BCUT2D eigenvalue weighted by Gasteiger charge is 2.35. The van der Waals surface area contributed by atoms with Crippen molar-refractivity contribution >= 4 is 26.7 Å². The van der Waals surface area contributed by atoms with Crippen LogP contribution < -0.4 is 10.6 Å². The Labute approximate surface area is 196 Å². The van der Waals surface area contributed by atoms with Crippen LogP contribution in [0.4, 0.5) is 4.39 Å². The van der Waals surface area contributed by atoms with E-state index >= 15 is 0 Å². The first-order valence-corrected chi connectivity index (χ1v) is 12.6. The maximum absolute atomic E-state index is 13.7. The number of furan rings is 1. The molecule has 0 aliphatic carbocycles. The van der Waals surface area contributed by atoms with Gasteiger partial charge in [0.25, 0.3) is 0 Å². The Kier molecular flexibility index (Phi) is 5.93. The summed E-state index contributed by atoms with van der Waals surface area (Å²) in [4.78, 5) is 12.9. The van der Waals surface area contributed by atoms with Crippen molar-refractivity contribution in [3.05, 3.63) is 90.2 Å². The van der Waals surface area contributed by atoms with Gasteiger partial charge in [0.2, 0.25) is 20.8 Å². The van der Waals surface area contributed by atoms with Gasteiger partial charge < -0.3 is 15.1 Å². The summed E-state index contributed by atoms with van der Waals surface area (Å²) in [6.45, 7) is 0.705. The number of benzene rings is 3. The quantitative estimate of drug-likeness (QED) is 0.424. The van der Waals surface area contributed by atoms with Crippen molar-refractivity contribution in [1.82, 2.24) is 10.6 Å². The van der Waals surface area contributed by atoms with Crippen LogP contribution in [0.1, 0.15) is 23.8 Å². The number of nitrogens with one attached hydrogen (secondary N) is 2. The summed E-state index contributed by atoms with van der Waals surface area (Å²) >= 11 is 0. The molecule has 3 aromatic carbocycles. The van der Waals surface area contributed by atoms with Crippen LogP contribution >= 0.6 is 0 Å². The number of hydrogen-bond donors (Lipinski definition) is 2. The molecule has 2 N–H and O–H groups in total. The van der Waals surface area contributed by atoms with Gasteiger partial charge >= 0.3 is 0 Å². The molecule has 0 radical (unpaired) electrons. The molecular weight excluding hydrogens is 455 g/mol. The van der Waals surface area contributed by atoms with Gasteiger partial charge in [-0.05, 0) is 54.3 Å². The summed E-state index contributed by atoms with van der Waals surface area (Å²) in [5.41, 5.74) is 2.56. The molecule has 4 aromatic rings. The maximum Gasteiger partial charge on any atom is 0.238 e. The maximum atomic E-state index is 13.7. The van der Waals surface area contributed by atoms with Crippen molar-refractivity contribution < 1.29 is 22.0 Å². The van der Waals surface area contributed by atoms with Crippen LogP contribution in [0.2, 0.25) is 0 Å². The predicted molar refractivity (Wildman–Crippen MR) is 127 cm³/mol. The average molecular weight is 479 g/mol. The molecule has 5 rings (SSSR count). The summed E-state index contributed by atoms with van der Waals surface area (Å²) in [5.74, 6) is -0.883. The molecule has 1 saturated heterocycles. The van der Waals surface area contributed by atoms with E-state index in [1.54, 1.807) is 12.1 Å². The number of halogens is 1. The zero-order valence-corrected chi connectivity index (χ0v) is 19.0. The molecule has 1 fully saturated rings. The fraction of sp³-hybridized carbons (Fsp3) is 0.192. The fourth-order valence-corrected chi connectivity index (χ4v) is 5.72. The van der Waals surface area contributed by atoms with E-state index in [0.717, 1.165) is 17.5 Å². The highest BCUT2D eigenvalue weighted by Crippen LogP contribution is 2.33. The zero-order valence-electron chi connectivity index (χ0n) is 18.2. The number of rotatable bonds is 6. The van der Waals surface area contributed by atoms with Crippen LogP contribution in [0.15, 0.2) is 88.4 Å². The molecule has 0 spiro atoms. The lowest BCUT2D eigenvalue weighted by atomic mass is 10.0. The van der Waals surface area contributed by atoms with Gasteiger partial charge in [0.15, 0.2) is 5.37 Å². The van der Waals surface area contributed by atoms with Gasteiger partial charge in [0, 0.05) is 11.5 Å². The third-order valence-corrected chi connectivity index (χ3v) is 7.79. The molecule has 174 valence electrons. The van der Waals surface area contributed by atoms with E-state index in [2.05, 4.69) is 10.6 Å². The minimum atomic E-state index is -4.18. The Bertz CT molecular complexity index is 1430. The molecule has 0 bridgehead atoms. The van der Waals surface area contributed by atoms with Crippen LogP contribution in [0.3, 0.4) is 0 Å². The Morgan fingerprint density at radius 1 is 1.00 bits per heavy atom. The normalized spacial score (nSPS) is 17.0. The minimum absolute atomic E-state index is 0.252. The molecule has 1 aromatic heterocycles. The first-order chi connectivity index (χ1) is 16.4. The van der Waals surface area contributed by atoms with Crippen molar-refractivity contribution in [2.24, 2.45) is 0 Å². The van der Waals surface area contributed by atoms with Crippen molar-refractivity contribution in [3.8, 4) is 11.1 Å². The Morgan fingerprint density at radius 2 is 1.74 bits per heavy atom. The van der Waals surface area contributed by atoms with Crippen molar-refractivity contribution in [2.75, 3.05) is 6.54 Å². The van der Waals surface area contributed by atoms with Gasteiger partial charge in [0.1, 0.15) is 11.4 Å². The van der Waals surface area contributed by atoms with Crippen LogP contribution in [0.5, 0.6) is 0 Å². The first kappa shape index (κ1) is 22.3. The molecule has 8 heteroatoms. The number of carbonyl (C=O) groups excluding carboxylic acids is 1. The summed E-state index contributed by atoms with van der Waals surface area (Å²) < 4.78 is 46.5. The van der Waals surface area contributed by atoms with Crippen molar-refractivity contribution in [1.29, 1.82) is 0 Å². The number of fused-ring (bicyclic) bond motifs is 1. The highest BCUT2D eigenvalue weighted by molar-refractivity contribution is 7.91. The third kappa shape index (κ3) is 4.34. The van der Waals surface area contributed by atoms with Gasteiger partial charge in [-0.15, -0.1) is 0 Å². The second kappa shape index (κ2) is 9.04. The second-order valence-electron chi connectivity index (χ2n) is 8.32. The highest BCUT2D eigenvalue weighted by atomic mass is 32.2. The second-order valence-corrected chi connectivity index (χ2v) is 10.3. The van der Waals surface area contributed by atoms with E-state index in [0.29, 0.717) is 23.9 Å². The SMILES string of the molecule is O=C(N[C@H](c1ccc(-c2ccccc2)cc1)S(=O)(=O)c1cc2cc(F)ccc2o1)C1CCCN1. The summed E-state index contributed by atoms with van der Waals surface area (Å²) in [6.07, 6.45) is 1.48. The molecule has 0 saturated carbocycles. The average Bonchev–Trinajstić information content (AvgIpc) is 3.53. The van der Waals surface area contributed by atoms with Gasteiger partial charge in [-0.25, -0.2) is 12.8 Å². The van der Waals surface area contributed by atoms with E-state index in [1.807, 2.05) is 42.5 Å². The van der Waals surface area contributed by atoms with E-state index < -0.39 is 27.1 Å². The monoisotopic (exact) mass is 478 g/mol. The van der Waals surface area contributed by atoms with Gasteiger partial charge in [0.05, 0.1) is 6.04 Å². The molecule has 2 heterocycles. The summed E-state index contributed by atoms with van der Waals surface area (Å²) in [5, 5.41) is 4.44. The lowest BCUT2D eigenvalue weighted by Gasteiger charge is -2.21. The van der Waals surface area contributed by atoms with Gasteiger partial charge in [-0.2, -0.15) is 0 Å². The lowest BCUT2D eigenvalue weighted by molar-refractivity contribution is -0.123. The largest absolute Gasteiger partial charge is 0.445 e. The molecule has 1 aliphatic rings. The number of hydrogen-bond acceptors (Lipinski definition) is 5. The van der Waals surface area contributed by atoms with Crippen molar-refractivity contribution in [2.45, 2.75) is 29.3 Å². The zero-order chi connectivity index (χ0) is 23.7. The number of carbonyl (C=O) groups is 1. The van der Waals surface area contributed by atoms with Crippen LogP contribution in [0.25, 0.3) is 22.1 Å². The topological polar surface area (TPSA) is 88.4 Å². The van der Waals surface area contributed by atoms with Crippen molar-refractivity contribution in [3.63, 3.8) is 0 Å². The Morgan fingerprint density at radius 3 is 2.44 bits per heavy atom. The first-order valence-electron chi connectivity index (χ1n) is 11.0. The van der Waals surface area contributed by atoms with Crippen LogP contribution in [-0.4, -0.2) is 26.9 Å². The molecule has 34 heavy (non-hydrogen) atoms. The Hall–Kier alpha value is -3.49. The molecule has 1 aliphatic heterocycles. The third-order valence-electron chi connectivity index (χ3n) is 6.02. The predicted octanol–water partition coefficient (Wildman–Crippen LogP) is 4.58. The molecule has 6 nitrogen and oxygen atoms in total. The molecule has 1 unspecified atom stereocenters. The lowest BCUT2D eigenvalue weighted by Crippen LogP contribution is -2.44. The van der Waals surface area contributed by atoms with Gasteiger partial charge in [-0.3, -0.25) is 4.79 Å². The van der Waals surface area contributed by atoms with E-state index in [1.165, 1.54) is 24.3 Å². The molecule has 2 atom stereocenters. The molecule has 1 amide bonds. The number of sulfone groups is 1. The summed E-state index contributed by atoms with van der Waals surface area (Å²) in [7, 11) is -4.18. The van der Waals surface area contributed by atoms with Crippen LogP contribution in [-0.2, 0) is 14.6 Å². The number of amides is 1. The minimum Gasteiger partial charge on any atom is -0.445 e. The fourth-order valence-electron chi connectivity index (χ4n) is 4.21.